The lowest BCUT2D eigenvalue weighted by Gasteiger charge is -2.10. The summed E-state index contributed by atoms with van der Waals surface area (Å²) < 4.78 is 33.7. The molecule has 1 aliphatic heterocycles. The molecule has 66 valence electrons. The number of fused-ring (bicyclic) bond motifs is 1. The molecule has 1 fully saturated rings. The van der Waals surface area contributed by atoms with Crippen molar-refractivity contribution in [1.82, 2.24) is 0 Å². The summed E-state index contributed by atoms with van der Waals surface area (Å²) in [6, 6.07) is 0. The lowest BCUT2D eigenvalue weighted by atomic mass is 10.0. The van der Waals surface area contributed by atoms with E-state index in [1.807, 2.05) is 0 Å². The van der Waals surface area contributed by atoms with E-state index >= 15 is 0 Å². The van der Waals surface area contributed by atoms with Gasteiger partial charge in [-0.15, -0.1) is 8.78 Å². The molecule has 0 radical (unpaired) electrons. The second-order valence-electron chi connectivity index (χ2n) is 2.86. The van der Waals surface area contributed by atoms with Crippen molar-refractivity contribution >= 4 is 0 Å². The number of ether oxygens (including phenoxy) is 2. The Bertz CT molecular complexity index is 268. The molecule has 0 N–H and O–H groups in total. The van der Waals surface area contributed by atoms with E-state index in [-0.39, 0.29) is 5.76 Å². The maximum atomic E-state index is 12.5. The normalized spacial score (nSPS) is 31.8. The fraction of sp³-hybridized carbons (Fsp3) is 0.500. The van der Waals surface area contributed by atoms with Gasteiger partial charge in [0, 0.05) is 0 Å². The Morgan fingerprint density at radius 3 is 3.00 bits per heavy atom. The molecule has 1 atom stereocenters. The number of hydrogen-bond donors (Lipinski definition) is 0. The summed E-state index contributed by atoms with van der Waals surface area (Å²) in [6.07, 6.45) is -0.00887. The third kappa shape index (κ3) is 1.12. The first-order chi connectivity index (χ1) is 5.58. The van der Waals surface area contributed by atoms with Gasteiger partial charge in [0.05, 0.1) is 0 Å². The first kappa shape index (κ1) is 7.73. The summed E-state index contributed by atoms with van der Waals surface area (Å²) in [5.74, 6) is 0.266. The van der Waals surface area contributed by atoms with E-state index in [1.54, 1.807) is 19.1 Å². The van der Waals surface area contributed by atoms with E-state index in [0.717, 1.165) is 0 Å². The average molecular weight is 174 g/mol. The van der Waals surface area contributed by atoms with Crippen molar-refractivity contribution in [3.8, 4) is 0 Å². The minimum Gasteiger partial charge on any atom is -0.411 e. The van der Waals surface area contributed by atoms with Crippen LogP contribution in [0.4, 0.5) is 8.78 Å². The van der Waals surface area contributed by atoms with Crippen molar-refractivity contribution in [2.75, 3.05) is 0 Å². The fourth-order valence-electron chi connectivity index (χ4n) is 1.38. The van der Waals surface area contributed by atoms with Crippen LogP contribution in [0.1, 0.15) is 13.3 Å². The molecule has 4 heteroatoms. The lowest BCUT2D eigenvalue weighted by molar-refractivity contribution is -0.341. The van der Waals surface area contributed by atoms with Crippen LogP contribution >= 0.6 is 0 Å². The topological polar surface area (TPSA) is 18.5 Å². The minimum absolute atomic E-state index is 0.266. The third-order valence-corrected chi connectivity index (χ3v) is 1.91. The van der Waals surface area contributed by atoms with E-state index in [1.165, 1.54) is 0 Å². The maximum Gasteiger partial charge on any atom is 0.535 e. The molecule has 0 spiro atoms. The average Bonchev–Trinajstić information content (AvgIpc) is 2.25. The molecule has 1 unspecified atom stereocenters. The van der Waals surface area contributed by atoms with Crippen LogP contribution in [0.15, 0.2) is 23.5 Å². The molecule has 0 saturated carbocycles. The predicted octanol–water partition coefficient (Wildman–Crippen LogP) is 2.19. The molecular weight excluding hydrogens is 166 g/mol. The van der Waals surface area contributed by atoms with Crippen molar-refractivity contribution in [2.24, 2.45) is 0 Å². The highest BCUT2D eigenvalue weighted by atomic mass is 19.3. The zero-order valence-corrected chi connectivity index (χ0v) is 6.51. The van der Waals surface area contributed by atoms with Crippen molar-refractivity contribution < 1.29 is 18.3 Å². The van der Waals surface area contributed by atoms with Crippen molar-refractivity contribution in [3.05, 3.63) is 23.5 Å². The summed E-state index contributed by atoms with van der Waals surface area (Å²) >= 11 is 0. The van der Waals surface area contributed by atoms with Gasteiger partial charge in [-0.2, -0.15) is 0 Å². The predicted molar refractivity (Wildman–Crippen MR) is 37.4 cm³/mol. The SMILES string of the molecule is CC1=C2OC(F)(F)OC2CC=C1. The number of rotatable bonds is 0. The number of hydrogen-bond acceptors (Lipinski definition) is 2. The Morgan fingerprint density at radius 2 is 2.33 bits per heavy atom. The molecule has 2 nitrogen and oxygen atoms in total. The van der Waals surface area contributed by atoms with Crippen LogP contribution in [-0.4, -0.2) is 12.4 Å². The number of alkyl halides is 2. The first-order valence-corrected chi connectivity index (χ1v) is 3.70. The Labute approximate surface area is 68.5 Å². The molecule has 0 aromatic rings. The minimum atomic E-state index is -3.44. The molecule has 0 aromatic heterocycles. The van der Waals surface area contributed by atoms with Gasteiger partial charge in [0.2, 0.25) is 0 Å². The Balaban J connectivity index is 2.31. The summed E-state index contributed by atoms with van der Waals surface area (Å²) in [5, 5.41) is 0. The Hall–Kier alpha value is -0.900. The Morgan fingerprint density at radius 1 is 1.58 bits per heavy atom. The quantitative estimate of drug-likeness (QED) is 0.560. The van der Waals surface area contributed by atoms with Crippen LogP contribution in [0.3, 0.4) is 0 Å². The highest BCUT2D eigenvalue weighted by Gasteiger charge is 2.48. The highest BCUT2D eigenvalue weighted by molar-refractivity contribution is 5.28. The molecule has 0 amide bonds. The van der Waals surface area contributed by atoms with E-state index in [2.05, 4.69) is 9.47 Å². The lowest BCUT2D eigenvalue weighted by Crippen LogP contribution is -2.17. The first-order valence-electron chi connectivity index (χ1n) is 3.70. The van der Waals surface area contributed by atoms with Gasteiger partial charge in [-0.3, -0.25) is 4.74 Å². The smallest absolute Gasteiger partial charge is 0.411 e. The fourth-order valence-corrected chi connectivity index (χ4v) is 1.38. The van der Waals surface area contributed by atoms with Crippen LogP contribution in [0.5, 0.6) is 0 Å². The van der Waals surface area contributed by atoms with Gasteiger partial charge in [-0.25, -0.2) is 0 Å². The highest BCUT2D eigenvalue weighted by Crippen LogP contribution is 2.39. The van der Waals surface area contributed by atoms with Crippen LogP contribution in [-0.2, 0) is 9.47 Å². The van der Waals surface area contributed by atoms with Gasteiger partial charge >= 0.3 is 6.29 Å². The standard InChI is InChI=1S/C8H8F2O2/c1-5-3-2-4-6-7(5)12-8(9,10)11-6/h2-3,6H,4H2,1H3. The van der Waals surface area contributed by atoms with Gasteiger partial charge in [-0.1, -0.05) is 12.2 Å². The molecule has 0 aromatic carbocycles. The second-order valence-corrected chi connectivity index (χ2v) is 2.86. The van der Waals surface area contributed by atoms with Crippen molar-refractivity contribution in [3.63, 3.8) is 0 Å². The van der Waals surface area contributed by atoms with Gasteiger partial charge in [0.1, 0.15) is 11.9 Å². The molecule has 12 heavy (non-hydrogen) atoms. The maximum absolute atomic E-state index is 12.5. The summed E-state index contributed by atoms with van der Waals surface area (Å²) in [5.41, 5.74) is 0.712. The van der Waals surface area contributed by atoms with Gasteiger partial charge in [-0.05, 0) is 18.9 Å². The van der Waals surface area contributed by atoms with Crippen LogP contribution < -0.4 is 0 Å². The summed E-state index contributed by atoms with van der Waals surface area (Å²) in [7, 11) is 0. The van der Waals surface area contributed by atoms with E-state index < -0.39 is 12.4 Å². The van der Waals surface area contributed by atoms with E-state index in [0.29, 0.717) is 12.0 Å². The molecule has 1 heterocycles. The zero-order valence-electron chi connectivity index (χ0n) is 6.51. The van der Waals surface area contributed by atoms with Gasteiger partial charge in [0.25, 0.3) is 0 Å². The monoisotopic (exact) mass is 174 g/mol. The zero-order chi connectivity index (χ0) is 8.77. The third-order valence-electron chi connectivity index (χ3n) is 1.91. The van der Waals surface area contributed by atoms with E-state index in [4.69, 9.17) is 0 Å². The number of allylic oxidation sites excluding steroid dienone is 2. The molecule has 0 bridgehead atoms. The molecule has 2 rings (SSSR count). The van der Waals surface area contributed by atoms with E-state index in [9.17, 15) is 8.78 Å². The largest absolute Gasteiger partial charge is 0.535 e. The van der Waals surface area contributed by atoms with Crippen LogP contribution in [0.2, 0.25) is 0 Å². The Kier molecular flexibility index (Phi) is 1.48. The summed E-state index contributed by atoms with van der Waals surface area (Å²) in [4.78, 5) is 0. The number of halogens is 2. The molecular formula is C8H8F2O2. The van der Waals surface area contributed by atoms with Gasteiger partial charge in [0.15, 0.2) is 0 Å². The molecule has 2 aliphatic rings. The summed E-state index contributed by atoms with van der Waals surface area (Å²) in [6.45, 7) is 1.72. The molecule has 1 saturated heterocycles. The van der Waals surface area contributed by atoms with Crippen molar-refractivity contribution in [2.45, 2.75) is 25.7 Å². The van der Waals surface area contributed by atoms with Gasteiger partial charge < -0.3 is 4.74 Å². The van der Waals surface area contributed by atoms with Crippen LogP contribution in [0.25, 0.3) is 0 Å². The second kappa shape index (κ2) is 2.29. The molecule has 1 aliphatic carbocycles. The van der Waals surface area contributed by atoms with Crippen molar-refractivity contribution in [1.29, 1.82) is 0 Å². The van der Waals surface area contributed by atoms with Crippen LogP contribution in [0, 0.1) is 0 Å².